The first-order valence-corrected chi connectivity index (χ1v) is 8.87. The molecule has 2 N–H and O–H groups in total. The van der Waals surface area contributed by atoms with Crippen LogP contribution in [0.2, 0.25) is 0 Å². The van der Waals surface area contributed by atoms with Crippen molar-refractivity contribution in [1.82, 2.24) is 9.78 Å². The number of quaternary nitrogens is 1. The fourth-order valence-corrected chi connectivity index (χ4v) is 3.43. The zero-order valence-corrected chi connectivity index (χ0v) is 15.5. The number of anilines is 1. The molecule has 1 aromatic heterocycles. The monoisotopic (exact) mass is 339 g/mol. The highest BCUT2D eigenvalue weighted by Gasteiger charge is 2.28. The fourth-order valence-electron chi connectivity index (χ4n) is 3.43. The van der Waals surface area contributed by atoms with Crippen LogP contribution in [-0.2, 0) is 11.8 Å². The summed E-state index contributed by atoms with van der Waals surface area (Å²) in [7, 11) is 1.90. The molecule has 0 radical (unpaired) electrons. The Kier molecular flexibility index (Phi) is 5.04. The summed E-state index contributed by atoms with van der Waals surface area (Å²) in [4.78, 5) is 14.0. The van der Waals surface area contributed by atoms with E-state index in [0.29, 0.717) is 0 Å². The van der Waals surface area contributed by atoms with Crippen molar-refractivity contribution in [1.29, 1.82) is 0 Å². The quantitative estimate of drug-likeness (QED) is 0.891. The van der Waals surface area contributed by atoms with Crippen LogP contribution in [0.25, 0.3) is 5.57 Å². The molecule has 1 aromatic carbocycles. The van der Waals surface area contributed by atoms with E-state index in [2.05, 4.69) is 40.8 Å². The highest BCUT2D eigenvalue weighted by molar-refractivity contribution is 5.94. The Labute approximate surface area is 149 Å². The second kappa shape index (κ2) is 7.23. The highest BCUT2D eigenvalue weighted by Crippen LogP contribution is 2.19. The standard InChI is InChI=1S/C20H26N4O/c1-14-19(15(2)23(4)22-14)21-20(25)16(3)24-12-10-18(11-13-24)17-8-6-5-7-9-17/h5-10,16H,11-13H2,1-4H3,(H,21,25)/p+1/t16-/m0/s1. The highest BCUT2D eigenvalue weighted by atomic mass is 16.2. The summed E-state index contributed by atoms with van der Waals surface area (Å²) >= 11 is 0. The van der Waals surface area contributed by atoms with E-state index in [0.717, 1.165) is 36.6 Å². The number of rotatable bonds is 4. The number of aromatic nitrogens is 2. The lowest BCUT2D eigenvalue weighted by Gasteiger charge is -2.28. The molecule has 0 fully saturated rings. The number of hydrogen-bond donors (Lipinski definition) is 2. The minimum absolute atomic E-state index is 0.0609. The average Bonchev–Trinajstić information content (AvgIpc) is 2.88. The summed E-state index contributed by atoms with van der Waals surface area (Å²) in [6.45, 7) is 7.76. The molecule has 3 rings (SSSR count). The molecule has 0 spiro atoms. The number of amides is 1. The molecule has 0 saturated heterocycles. The third kappa shape index (κ3) is 3.66. The fraction of sp³-hybridized carbons (Fsp3) is 0.400. The van der Waals surface area contributed by atoms with Gasteiger partial charge in [-0.3, -0.25) is 9.48 Å². The molecule has 2 atom stereocenters. The molecule has 5 heteroatoms. The van der Waals surface area contributed by atoms with Gasteiger partial charge in [-0.05, 0) is 38.0 Å². The van der Waals surface area contributed by atoms with E-state index < -0.39 is 0 Å². The van der Waals surface area contributed by atoms with Gasteiger partial charge in [0.15, 0.2) is 6.04 Å². The Morgan fingerprint density at radius 3 is 2.56 bits per heavy atom. The molecule has 1 aliphatic heterocycles. The Balaban J connectivity index is 1.65. The Morgan fingerprint density at radius 2 is 2.00 bits per heavy atom. The molecule has 132 valence electrons. The maximum atomic E-state index is 12.7. The molecule has 1 aliphatic rings. The summed E-state index contributed by atoms with van der Waals surface area (Å²) in [6, 6.07) is 10.4. The first-order valence-electron chi connectivity index (χ1n) is 8.87. The molecular weight excluding hydrogens is 312 g/mol. The molecule has 1 amide bonds. The summed E-state index contributed by atoms with van der Waals surface area (Å²) in [5, 5.41) is 7.44. The van der Waals surface area contributed by atoms with Crippen LogP contribution < -0.4 is 10.2 Å². The topological polar surface area (TPSA) is 51.4 Å². The molecule has 0 aliphatic carbocycles. The van der Waals surface area contributed by atoms with E-state index in [9.17, 15) is 4.79 Å². The predicted molar refractivity (Wildman–Crippen MR) is 101 cm³/mol. The maximum Gasteiger partial charge on any atom is 0.282 e. The van der Waals surface area contributed by atoms with Gasteiger partial charge in [0.1, 0.15) is 0 Å². The van der Waals surface area contributed by atoms with E-state index in [1.54, 1.807) is 4.68 Å². The van der Waals surface area contributed by atoms with Crippen molar-refractivity contribution in [3.05, 3.63) is 53.4 Å². The van der Waals surface area contributed by atoms with Crippen LogP contribution in [0, 0.1) is 13.8 Å². The number of hydrogen-bond acceptors (Lipinski definition) is 2. The van der Waals surface area contributed by atoms with Crippen LogP contribution in [0.5, 0.6) is 0 Å². The maximum absolute atomic E-state index is 12.7. The van der Waals surface area contributed by atoms with Crippen LogP contribution >= 0.6 is 0 Å². The summed E-state index contributed by atoms with van der Waals surface area (Å²) in [5.74, 6) is 0.0609. The zero-order valence-electron chi connectivity index (χ0n) is 15.5. The van der Waals surface area contributed by atoms with E-state index in [-0.39, 0.29) is 11.9 Å². The smallest absolute Gasteiger partial charge is 0.282 e. The van der Waals surface area contributed by atoms with Crippen molar-refractivity contribution in [2.24, 2.45) is 7.05 Å². The molecule has 0 saturated carbocycles. The number of carbonyl (C=O) groups excluding carboxylic acids is 1. The average molecular weight is 339 g/mol. The van der Waals surface area contributed by atoms with E-state index >= 15 is 0 Å². The Bertz CT molecular complexity index is 792. The lowest BCUT2D eigenvalue weighted by Crippen LogP contribution is -3.17. The molecule has 25 heavy (non-hydrogen) atoms. The number of aryl methyl sites for hydroxylation is 2. The number of carbonyl (C=O) groups is 1. The minimum Gasteiger partial charge on any atom is -0.321 e. The molecule has 2 heterocycles. The minimum atomic E-state index is -0.0902. The normalized spacial score (nSPS) is 18.6. The number of nitrogens with zero attached hydrogens (tertiary/aromatic N) is 2. The van der Waals surface area contributed by atoms with Gasteiger partial charge in [-0.2, -0.15) is 5.10 Å². The van der Waals surface area contributed by atoms with Crippen molar-refractivity contribution >= 4 is 17.2 Å². The van der Waals surface area contributed by atoms with Gasteiger partial charge in [-0.15, -0.1) is 0 Å². The van der Waals surface area contributed by atoms with Crippen molar-refractivity contribution < 1.29 is 9.69 Å². The Morgan fingerprint density at radius 1 is 1.28 bits per heavy atom. The molecule has 0 bridgehead atoms. The van der Waals surface area contributed by atoms with Crippen LogP contribution in [-0.4, -0.2) is 34.8 Å². The number of nitrogens with one attached hydrogen (secondary N) is 2. The van der Waals surface area contributed by atoms with Crippen LogP contribution in [0.4, 0.5) is 5.69 Å². The van der Waals surface area contributed by atoms with E-state index in [4.69, 9.17) is 0 Å². The van der Waals surface area contributed by atoms with Crippen molar-refractivity contribution in [3.8, 4) is 0 Å². The largest absolute Gasteiger partial charge is 0.321 e. The van der Waals surface area contributed by atoms with Gasteiger partial charge in [-0.1, -0.05) is 30.3 Å². The lowest BCUT2D eigenvalue weighted by atomic mass is 9.99. The van der Waals surface area contributed by atoms with Crippen LogP contribution in [0.15, 0.2) is 36.4 Å². The van der Waals surface area contributed by atoms with Crippen molar-refractivity contribution in [2.75, 3.05) is 18.4 Å². The molecular formula is C20H27N4O+. The van der Waals surface area contributed by atoms with Gasteiger partial charge in [-0.25, -0.2) is 0 Å². The van der Waals surface area contributed by atoms with E-state index in [1.165, 1.54) is 16.0 Å². The van der Waals surface area contributed by atoms with Crippen molar-refractivity contribution in [3.63, 3.8) is 0 Å². The zero-order chi connectivity index (χ0) is 18.0. The van der Waals surface area contributed by atoms with Gasteiger partial charge < -0.3 is 10.2 Å². The second-order valence-electron chi connectivity index (χ2n) is 6.84. The van der Waals surface area contributed by atoms with Gasteiger partial charge in [0.2, 0.25) is 0 Å². The number of benzene rings is 1. The first-order chi connectivity index (χ1) is 12.0. The predicted octanol–water partition coefficient (Wildman–Crippen LogP) is 1.74. The lowest BCUT2D eigenvalue weighted by molar-refractivity contribution is -0.909. The van der Waals surface area contributed by atoms with E-state index in [1.807, 2.05) is 33.9 Å². The van der Waals surface area contributed by atoms with Gasteiger partial charge in [0.25, 0.3) is 5.91 Å². The van der Waals surface area contributed by atoms with Gasteiger partial charge in [0, 0.05) is 13.5 Å². The molecule has 1 unspecified atom stereocenters. The molecule has 2 aromatic rings. The summed E-state index contributed by atoms with van der Waals surface area (Å²) < 4.78 is 1.80. The van der Waals surface area contributed by atoms with Crippen LogP contribution in [0.1, 0.15) is 30.3 Å². The summed E-state index contributed by atoms with van der Waals surface area (Å²) in [6.07, 6.45) is 3.28. The second-order valence-corrected chi connectivity index (χ2v) is 6.84. The molecule has 5 nitrogen and oxygen atoms in total. The summed E-state index contributed by atoms with van der Waals surface area (Å²) in [5.41, 5.74) is 5.37. The van der Waals surface area contributed by atoms with Crippen LogP contribution in [0.3, 0.4) is 0 Å². The van der Waals surface area contributed by atoms with Crippen molar-refractivity contribution in [2.45, 2.75) is 33.2 Å². The SMILES string of the molecule is Cc1nn(C)c(C)c1NC(=O)[C@H](C)[NH+]1CC=C(c2ccccc2)CC1. The van der Waals surface area contributed by atoms with Gasteiger partial charge in [0.05, 0.1) is 30.2 Å². The third-order valence-corrected chi connectivity index (χ3v) is 5.23. The van der Waals surface area contributed by atoms with Gasteiger partial charge >= 0.3 is 0 Å². The Hall–Kier alpha value is -2.40. The first kappa shape index (κ1) is 17.4. The third-order valence-electron chi connectivity index (χ3n) is 5.23.